The highest BCUT2D eigenvalue weighted by Crippen LogP contribution is 2.66. The fourth-order valence-electron chi connectivity index (χ4n) is 5.74. The number of carbonyl (C=O) groups is 2. The van der Waals surface area contributed by atoms with Crippen molar-refractivity contribution in [3.8, 4) is 17.6 Å². The fraction of sp³-hybridized carbons (Fsp3) is 0.550. The Bertz CT molecular complexity index is 1160. The molecule has 0 radical (unpaired) electrons. The van der Waals surface area contributed by atoms with E-state index in [1.54, 1.807) is 11.0 Å². The third-order valence-corrected chi connectivity index (χ3v) is 12.9. The van der Waals surface area contributed by atoms with E-state index in [0.717, 1.165) is 18.4 Å². The minimum atomic E-state index is -1.05. The Labute approximate surface area is 183 Å². The van der Waals surface area contributed by atoms with E-state index in [-0.39, 0.29) is 24.6 Å². The highest BCUT2D eigenvalue weighted by atomic mass is 33.1. The van der Waals surface area contributed by atoms with Gasteiger partial charge in [-0.25, -0.2) is 0 Å². The summed E-state index contributed by atoms with van der Waals surface area (Å²) in [6.07, 6.45) is 2.14. The molecule has 5 aliphatic rings. The molecule has 7 nitrogen and oxygen atoms in total. The van der Waals surface area contributed by atoms with Crippen molar-refractivity contribution in [1.82, 2.24) is 9.80 Å². The minimum absolute atomic E-state index is 0.0301. The summed E-state index contributed by atoms with van der Waals surface area (Å²) in [5.74, 6) is 1.12. The SMILES string of the molecule is C[C@]1(C#N)C[C@]23C(=O)N(C4CC4)[C@@](C)(C(=O)N2[C@H]1c1ccc2c(c1)OCO2)S3=S=S. The number of nitrogens with zero attached hydrogens (tertiary/aromatic N) is 3. The molecule has 4 aliphatic heterocycles. The molecule has 0 N–H and O–H groups in total. The molecule has 4 heterocycles. The third kappa shape index (κ3) is 1.89. The number of hydrogen-bond acceptors (Lipinski definition) is 6. The summed E-state index contributed by atoms with van der Waals surface area (Å²) in [6.45, 7) is 3.87. The maximum atomic E-state index is 14.0. The van der Waals surface area contributed by atoms with Gasteiger partial charge in [0.25, 0.3) is 11.8 Å². The summed E-state index contributed by atoms with van der Waals surface area (Å²) >= 11 is 5.45. The molecule has 4 fully saturated rings. The van der Waals surface area contributed by atoms with E-state index in [1.807, 2.05) is 30.9 Å². The van der Waals surface area contributed by atoms with E-state index in [0.29, 0.717) is 17.9 Å². The van der Waals surface area contributed by atoms with Crippen molar-refractivity contribution < 1.29 is 19.1 Å². The maximum absolute atomic E-state index is 14.0. The number of carbonyl (C=O) groups excluding carboxylic acids is 2. The molecule has 2 amide bonds. The number of ether oxygens (including phenoxy) is 2. The number of fused-ring (bicyclic) bond motifs is 2. The largest absolute Gasteiger partial charge is 0.454 e. The quantitative estimate of drug-likeness (QED) is 0.667. The van der Waals surface area contributed by atoms with Gasteiger partial charge in [-0.3, -0.25) is 9.59 Å². The Hall–Kier alpha value is -1.96. The molecule has 1 spiro atoms. The number of nitriles is 1. The molecule has 1 aromatic rings. The zero-order valence-electron chi connectivity index (χ0n) is 16.4. The Morgan fingerprint density at radius 3 is 2.60 bits per heavy atom. The fourth-order valence-corrected chi connectivity index (χ4v) is 12.4. The normalized spacial score (nSPS) is 40.7. The lowest BCUT2D eigenvalue weighted by Crippen LogP contribution is -2.62. The predicted molar refractivity (Wildman–Crippen MR) is 114 cm³/mol. The summed E-state index contributed by atoms with van der Waals surface area (Å²) in [4.78, 5) is 29.4. The molecule has 30 heavy (non-hydrogen) atoms. The molecule has 2 bridgehead atoms. The van der Waals surface area contributed by atoms with Crippen LogP contribution in [-0.2, 0) is 39.1 Å². The Kier molecular flexibility index (Phi) is 3.53. The summed E-state index contributed by atoms with van der Waals surface area (Å²) in [7, 11) is 0.454. The average molecular weight is 462 g/mol. The van der Waals surface area contributed by atoms with Gasteiger partial charge >= 0.3 is 0 Å². The molecule has 1 unspecified atom stereocenters. The Balaban J connectivity index is 1.58. The molecule has 156 valence electrons. The van der Waals surface area contributed by atoms with Crippen LogP contribution in [0.15, 0.2) is 18.2 Å². The smallest absolute Gasteiger partial charge is 0.261 e. The van der Waals surface area contributed by atoms with E-state index in [1.165, 1.54) is 8.88 Å². The number of amides is 2. The van der Waals surface area contributed by atoms with Crippen molar-refractivity contribution in [2.45, 2.75) is 54.9 Å². The summed E-state index contributed by atoms with van der Waals surface area (Å²) < 4.78 is 11.0. The second kappa shape index (κ2) is 5.64. The van der Waals surface area contributed by atoms with E-state index >= 15 is 0 Å². The second-order valence-corrected chi connectivity index (χ2v) is 13.7. The lowest BCUT2D eigenvalue weighted by atomic mass is 9.79. The van der Waals surface area contributed by atoms with Gasteiger partial charge in [-0.15, -0.1) is 0 Å². The minimum Gasteiger partial charge on any atom is -0.454 e. The van der Waals surface area contributed by atoms with Gasteiger partial charge in [0.05, 0.1) is 17.5 Å². The zero-order chi connectivity index (χ0) is 21.1. The van der Waals surface area contributed by atoms with Gasteiger partial charge in [-0.05, 0) is 73.9 Å². The van der Waals surface area contributed by atoms with Crippen LogP contribution in [0.4, 0.5) is 0 Å². The maximum Gasteiger partial charge on any atom is 0.261 e. The lowest BCUT2D eigenvalue weighted by molar-refractivity contribution is -0.161. The second-order valence-electron chi connectivity index (χ2n) is 8.91. The van der Waals surface area contributed by atoms with Gasteiger partial charge in [-0.1, -0.05) is 6.07 Å². The van der Waals surface area contributed by atoms with Gasteiger partial charge in [0.15, 0.2) is 21.2 Å². The van der Waals surface area contributed by atoms with Crippen LogP contribution < -0.4 is 9.47 Å². The van der Waals surface area contributed by atoms with Crippen molar-refractivity contribution >= 4 is 41.3 Å². The van der Waals surface area contributed by atoms with Crippen LogP contribution in [0.5, 0.6) is 11.5 Å². The standard InChI is InChI=1S/C20H19N3O4S3/c1-18(9-21)8-20-17(25)22(12-4-5-12)19(2,30(20)29-28)16(24)23(20)15(18)11-3-6-13-14(7-11)27-10-26-13/h3,6-7,12,15H,4-5,8,10H2,1-2H3/t15-,18+,19+,20-,30?/m0/s1. The molecule has 6 rings (SSSR count). The van der Waals surface area contributed by atoms with Crippen molar-refractivity contribution in [2.75, 3.05) is 6.79 Å². The monoisotopic (exact) mass is 461 g/mol. The average Bonchev–Trinajstić information content (AvgIpc) is 3.25. The molecule has 1 saturated carbocycles. The number of benzene rings is 1. The van der Waals surface area contributed by atoms with Gasteiger partial charge in [0.1, 0.15) is 0 Å². The van der Waals surface area contributed by atoms with Gasteiger partial charge in [-0.2, -0.15) is 5.26 Å². The summed E-state index contributed by atoms with van der Waals surface area (Å²) in [5, 5.41) is 10.2. The van der Waals surface area contributed by atoms with Crippen LogP contribution in [0.1, 0.15) is 44.7 Å². The van der Waals surface area contributed by atoms with Crippen LogP contribution in [0.2, 0.25) is 0 Å². The molecule has 1 aliphatic carbocycles. The van der Waals surface area contributed by atoms with Crippen LogP contribution in [0.3, 0.4) is 0 Å². The van der Waals surface area contributed by atoms with Crippen molar-refractivity contribution in [3.05, 3.63) is 23.8 Å². The van der Waals surface area contributed by atoms with Gasteiger partial charge < -0.3 is 19.3 Å². The molecular formula is C20H19N3O4S3. The first kappa shape index (κ1) is 18.8. The number of piperazine rings is 1. The zero-order valence-corrected chi connectivity index (χ0v) is 18.9. The van der Waals surface area contributed by atoms with E-state index in [4.69, 9.17) is 20.7 Å². The van der Waals surface area contributed by atoms with Crippen molar-refractivity contribution in [2.24, 2.45) is 5.41 Å². The van der Waals surface area contributed by atoms with Crippen molar-refractivity contribution in [1.29, 1.82) is 5.26 Å². The Morgan fingerprint density at radius 1 is 1.20 bits per heavy atom. The summed E-state index contributed by atoms with van der Waals surface area (Å²) in [6, 6.07) is 7.53. The first-order valence-corrected chi connectivity index (χ1v) is 13.3. The molecule has 3 saturated heterocycles. The summed E-state index contributed by atoms with van der Waals surface area (Å²) in [5.41, 5.74) is -0.135. The van der Waals surface area contributed by atoms with E-state index in [2.05, 4.69) is 6.07 Å². The molecule has 10 heteroatoms. The van der Waals surface area contributed by atoms with E-state index in [9.17, 15) is 14.9 Å². The van der Waals surface area contributed by atoms with Gasteiger partial charge in [0.2, 0.25) is 6.79 Å². The molecule has 0 aromatic heterocycles. The van der Waals surface area contributed by atoms with Crippen LogP contribution in [0, 0.1) is 16.7 Å². The Morgan fingerprint density at radius 2 is 1.93 bits per heavy atom. The van der Waals surface area contributed by atoms with Crippen LogP contribution >= 0.6 is 0 Å². The lowest BCUT2D eigenvalue weighted by Gasteiger charge is -2.41. The number of hydrogen-bond donors (Lipinski definition) is 0. The topological polar surface area (TPSA) is 82.9 Å². The third-order valence-electron chi connectivity index (χ3n) is 7.10. The number of rotatable bonds is 2. The highest BCUT2D eigenvalue weighted by molar-refractivity contribution is 8.49. The first-order chi connectivity index (χ1) is 14.3. The molecule has 5 atom stereocenters. The van der Waals surface area contributed by atoms with Crippen LogP contribution in [0.25, 0.3) is 0 Å². The van der Waals surface area contributed by atoms with Gasteiger partial charge in [0, 0.05) is 12.5 Å². The van der Waals surface area contributed by atoms with Crippen LogP contribution in [-0.4, -0.2) is 44.2 Å². The predicted octanol–water partition coefficient (Wildman–Crippen LogP) is 1.73. The first-order valence-electron chi connectivity index (χ1n) is 9.86. The van der Waals surface area contributed by atoms with Crippen molar-refractivity contribution in [3.63, 3.8) is 0 Å². The highest BCUT2D eigenvalue weighted by Gasteiger charge is 2.82. The molecular weight excluding hydrogens is 442 g/mol. The molecule has 1 aromatic carbocycles. The van der Waals surface area contributed by atoms with E-state index < -0.39 is 30.7 Å².